The number of tetrazole rings is 1. The van der Waals surface area contributed by atoms with Crippen molar-refractivity contribution < 1.29 is 4.74 Å². The van der Waals surface area contributed by atoms with E-state index in [2.05, 4.69) is 53.6 Å². The second kappa shape index (κ2) is 5.32. The van der Waals surface area contributed by atoms with Crippen molar-refractivity contribution >= 4 is 0 Å². The summed E-state index contributed by atoms with van der Waals surface area (Å²) in [7, 11) is 0. The van der Waals surface area contributed by atoms with Crippen LogP contribution in [0.2, 0.25) is 0 Å². The Morgan fingerprint density at radius 2 is 2.33 bits per heavy atom. The lowest BCUT2D eigenvalue weighted by atomic mass is 9.61. The van der Waals surface area contributed by atoms with E-state index in [1.165, 1.54) is 0 Å². The fraction of sp³-hybridized carbons (Fsp3) is 0.917. The predicted octanol–water partition coefficient (Wildman–Crippen LogP) is 1.44. The van der Waals surface area contributed by atoms with E-state index in [1.807, 2.05) is 0 Å². The molecule has 2 N–H and O–H groups in total. The lowest BCUT2D eigenvalue weighted by Crippen LogP contribution is -2.62. The molecular weight excluding hydrogens is 230 g/mol. The van der Waals surface area contributed by atoms with Crippen molar-refractivity contribution in [3.8, 4) is 0 Å². The Morgan fingerprint density at radius 1 is 1.56 bits per heavy atom. The molecule has 0 aromatic carbocycles. The van der Waals surface area contributed by atoms with E-state index in [9.17, 15) is 0 Å². The lowest BCUT2D eigenvalue weighted by molar-refractivity contribution is -0.128. The van der Waals surface area contributed by atoms with Gasteiger partial charge in [0.2, 0.25) is 0 Å². The zero-order chi connectivity index (χ0) is 13.2. The van der Waals surface area contributed by atoms with Crippen LogP contribution in [-0.2, 0) is 4.74 Å². The maximum Gasteiger partial charge on any atom is 0.191 e. The first-order valence-corrected chi connectivity index (χ1v) is 6.72. The third kappa shape index (κ3) is 2.27. The summed E-state index contributed by atoms with van der Waals surface area (Å²) in [4.78, 5) is 0. The number of hydrogen-bond donors (Lipinski definition) is 2. The van der Waals surface area contributed by atoms with Gasteiger partial charge in [-0.25, -0.2) is 0 Å². The van der Waals surface area contributed by atoms with Crippen molar-refractivity contribution in [2.75, 3.05) is 6.61 Å². The molecule has 6 heteroatoms. The van der Waals surface area contributed by atoms with Gasteiger partial charge >= 0.3 is 0 Å². The number of aromatic amines is 1. The average Bonchev–Trinajstić information content (AvgIpc) is 2.90. The van der Waals surface area contributed by atoms with Gasteiger partial charge in [0, 0.05) is 18.1 Å². The maximum absolute atomic E-state index is 5.80. The first kappa shape index (κ1) is 13.4. The highest BCUT2D eigenvalue weighted by Crippen LogP contribution is 2.46. The first-order valence-electron chi connectivity index (χ1n) is 6.72. The van der Waals surface area contributed by atoms with Crippen LogP contribution >= 0.6 is 0 Å². The second-order valence-electron chi connectivity index (χ2n) is 5.25. The Bertz CT molecular complexity index is 369. The van der Waals surface area contributed by atoms with Crippen LogP contribution in [0, 0.1) is 5.41 Å². The maximum atomic E-state index is 5.80. The van der Waals surface area contributed by atoms with Gasteiger partial charge in [0.05, 0.1) is 12.1 Å². The third-order valence-electron chi connectivity index (χ3n) is 4.31. The molecule has 0 spiro atoms. The van der Waals surface area contributed by atoms with E-state index in [0.717, 1.165) is 19.4 Å². The minimum Gasteiger partial charge on any atom is -0.378 e. The molecule has 1 heterocycles. The van der Waals surface area contributed by atoms with Crippen LogP contribution in [0.3, 0.4) is 0 Å². The number of rotatable bonds is 6. The highest BCUT2D eigenvalue weighted by molar-refractivity contribution is 5.06. The Hall–Kier alpha value is -1.01. The first-order chi connectivity index (χ1) is 8.61. The minimum atomic E-state index is 0.113. The molecule has 0 bridgehead atoms. The molecule has 1 aromatic rings. The van der Waals surface area contributed by atoms with Crippen LogP contribution in [0.5, 0.6) is 0 Å². The second-order valence-corrected chi connectivity index (χ2v) is 5.25. The molecule has 2 rings (SSSR count). The van der Waals surface area contributed by atoms with E-state index in [0.29, 0.717) is 18.0 Å². The quantitative estimate of drug-likeness (QED) is 0.802. The molecule has 1 aliphatic rings. The lowest BCUT2D eigenvalue weighted by Gasteiger charge is -2.54. The van der Waals surface area contributed by atoms with E-state index in [-0.39, 0.29) is 11.5 Å². The van der Waals surface area contributed by atoms with Gasteiger partial charge in [-0.2, -0.15) is 5.21 Å². The van der Waals surface area contributed by atoms with Gasteiger partial charge in [-0.3, -0.25) is 0 Å². The van der Waals surface area contributed by atoms with Gasteiger partial charge < -0.3 is 10.1 Å². The number of H-pyrrole nitrogens is 1. The molecule has 18 heavy (non-hydrogen) atoms. The number of aromatic nitrogens is 4. The fourth-order valence-corrected chi connectivity index (χ4v) is 2.74. The smallest absolute Gasteiger partial charge is 0.191 e. The zero-order valence-corrected chi connectivity index (χ0v) is 11.6. The van der Waals surface area contributed by atoms with E-state index >= 15 is 0 Å². The summed E-state index contributed by atoms with van der Waals surface area (Å²) in [6.45, 7) is 9.41. The van der Waals surface area contributed by atoms with Crippen molar-refractivity contribution in [1.29, 1.82) is 0 Å². The number of nitrogens with one attached hydrogen (secondary N) is 2. The molecule has 0 amide bonds. The van der Waals surface area contributed by atoms with Crippen LogP contribution in [0.4, 0.5) is 0 Å². The Kier molecular flexibility index (Phi) is 3.97. The van der Waals surface area contributed by atoms with Crippen molar-refractivity contribution in [3.05, 3.63) is 5.82 Å². The summed E-state index contributed by atoms with van der Waals surface area (Å²) in [6, 6.07) is 0.565. The summed E-state index contributed by atoms with van der Waals surface area (Å²) < 4.78 is 5.80. The van der Waals surface area contributed by atoms with Gasteiger partial charge in [-0.1, -0.05) is 19.1 Å². The summed E-state index contributed by atoms with van der Waals surface area (Å²) in [6.07, 6.45) is 2.52. The molecule has 0 aliphatic heterocycles. The summed E-state index contributed by atoms with van der Waals surface area (Å²) in [5, 5.41) is 17.7. The fourth-order valence-electron chi connectivity index (χ4n) is 2.74. The van der Waals surface area contributed by atoms with Crippen molar-refractivity contribution in [2.45, 2.75) is 58.7 Å². The molecule has 102 valence electrons. The molecular formula is C12H23N5O. The molecule has 6 nitrogen and oxygen atoms in total. The van der Waals surface area contributed by atoms with Gasteiger partial charge in [0.15, 0.2) is 5.82 Å². The highest BCUT2D eigenvalue weighted by atomic mass is 16.5. The van der Waals surface area contributed by atoms with Gasteiger partial charge in [-0.15, -0.1) is 10.2 Å². The standard InChI is InChI=1S/C12H23N5O/c1-5-12(4)9(7-10(12)18-6-2)13-8(3)11-14-16-17-15-11/h8-10,13H,5-7H2,1-4H3,(H,14,15,16,17). The largest absolute Gasteiger partial charge is 0.378 e. The number of nitrogens with zero attached hydrogens (tertiary/aromatic N) is 3. The summed E-state index contributed by atoms with van der Waals surface area (Å²) in [5.41, 5.74) is 0.202. The van der Waals surface area contributed by atoms with Crippen LogP contribution in [0.1, 0.15) is 52.4 Å². The van der Waals surface area contributed by atoms with Crippen LogP contribution in [-0.4, -0.2) is 39.4 Å². The topological polar surface area (TPSA) is 75.7 Å². The minimum absolute atomic E-state index is 0.113. The zero-order valence-electron chi connectivity index (χ0n) is 11.6. The van der Waals surface area contributed by atoms with Crippen molar-refractivity contribution in [2.24, 2.45) is 5.41 Å². The van der Waals surface area contributed by atoms with E-state index in [4.69, 9.17) is 4.74 Å². The van der Waals surface area contributed by atoms with Crippen LogP contribution < -0.4 is 5.32 Å². The molecule has 1 aliphatic carbocycles. The third-order valence-corrected chi connectivity index (χ3v) is 4.31. The summed E-state index contributed by atoms with van der Waals surface area (Å²) in [5.74, 6) is 0.716. The molecule has 4 atom stereocenters. The number of ether oxygens (including phenoxy) is 1. The molecule has 1 fully saturated rings. The molecule has 4 unspecified atom stereocenters. The van der Waals surface area contributed by atoms with Crippen LogP contribution in [0.25, 0.3) is 0 Å². The molecule has 0 saturated heterocycles. The van der Waals surface area contributed by atoms with Crippen molar-refractivity contribution in [3.63, 3.8) is 0 Å². The average molecular weight is 253 g/mol. The predicted molar refractivity (Wildman–Crippen MR) is 67.9 cm³/mol. The Morgan fingerprint density at radius 3 is 2.89 bits per heavy atom. The van der Waals surface area contributed by atoms with Crippen molar-refractivity contribution in [1.82, 2.24) is 25.9 Å². The molecule has 1 aromatic heterocycles. The summed E-state index contributed by atoms with van der Waals surface area (Å²) >= 11 is 0. The van der Waals surface area contributed by atoms with E-state index < -0.39 is 0 Å². The Labute approximate surface area is 108 Å². The van der Waals surface area contributed by atoms with Gasteiger partial charge in [-0.05, 0) is 26.7 Å². The SMILES string of the molecule is CCOC1CC(NC(C)c2nn[nH]n2)C1(C)CC. The van der Waals surface area contributed by atoms with Gasteiger partial charge in [0.1, 0.15) is 0 Å². The number of hydrogen-bond acceptors (Lipinski definition) is 5. The molecule has 0 radical (unpaired) electrons. The van der Waals surface area contributed by atoms with E-state index in [1.54, 1.807) is 0 Å². The van der Waals surface area contributed by atoms with Crippen LogP contribution in [0.15, 0.2) is 0 Å². The molecule has 1 saturated carbocycles. The monoisotopic (exact) mass is 253 g/mol. The van der Waals surface area contributed by atoms with Gasteiger partial charge in [0.25, 0.3) is 0 Å². The normalized spacial score (nSPS) is 33.1. The highest BCUT2D eigenvalue weighted by Gasteiger charge is 2.51. The Balaban J connectivity index is 1.95.